The van der Waals surface area contributed by atoms with Crippen LogP contribution in [-0.2, 0) is 32.7 Å². The maximum atomic E-state index is 12.9. The van der Waals surface area contributed by atoms with Crippen molar-refractivity contribution >= 4 is 19.8 Å². The number of phosphoric ester groups is 1. The molecular formula is C80H137NO8P+. The van der Waals surface area contributed by atoms with Crippen molar-refractivity contribution in [3.63, 3.8) is 0 Å². The minimum atomic E-state index is -4.41. The van der Waals surface area contributed by atoms with Crippen LogP contribution in [0.2, 0.25) is 0 Å². The highest BCUT2D eigenvalue weighted by Gasteiger charge is 2.27. The molecule has 2 unspecified atom stereocenters. The van der Waals surface area contributed by atoms with Gasteiger partial charge in [0.25, 0.3) is 0 Å². The molecule has 0 bridgehead atoms. The third-order valence-electron chi connectivity index (χ3n) is 15.4. The number of quaternary nitrogens is 1. The van der Waals surface area contributed by atoms with E-state index in [0.29, 0.717) is 17.4 Å². The molecule has 0 radical (unpaired) electrons. The van der Waals surface area contributed by atoms with Crippen LogP contribution in [-0.4, -0.2) is 74.9 Å². The van der Waals surface area contributed by atoms with Gasteiger partial charge in [-0.25, -0.2) is 4.57 Å². The summed E-state index contributed by atoms with van der Waals surface area (Å²) in [6, 6.07) is 0. The van der Waals surface area contributed by atoms with E-state index in [9.17, 15) is 19.0 Å². The number of allylic oxidation sites excluding steroid dienone is 24. The van der Waals surface area contributed by atoms with Gasteiger partial charge >= 0.3 is 19.8 Å². The largest absolute Gasteiger partial charge is 0.472 e. The van der Waals surface area contributed by atoms with Gasteiger partial charge < -0.3 is 18.9 Å². The minimum Gasteiger partial charge on any atom is -0.462 e. The van der Waals surface area contributed by atoms with E-state index in [2.05, 4.69) is 160 Å². The Morgan fingerprint density at radius 1 is 0.356 bits per heavy atom. The molecule has 0 fully saturated rings. The van der Waals surface area contributed by atoms with Gasteiger partial charge in [0.2, 0.25) is 0 Å². The first-order valence-electron chi connectivity index (χ1n) is 36.6. The first-order chi connectivity index (χ1) is 44.0. The lowest BCUT2D eigenvalue weighted by molar-refractivity contribution is -0.870. The molecule has 10 heteroatoms. The molecule has 0 aromatic rings. The summed E-state index contributed by atoms with van der Waals surface area (Å²) in [6.07, 6.45) is 102. The zero-order valence-electron chi connectivity index (χ0n) is 58.6. The Kier molecular flexibility index (Phi) is 66.1. The van der Waals surface area contributed by atoms with Crippen molar-refractivity contribution < 1.29 is 42.1 Å². The predicted molar refractivity (Wildman–Crippen MR) is 390 cm³/mol. The molecule has 9 nitrogen and oxygen atoms in total. The Morgan fingerprint density at radius 2 is 0.633 bits per heavy atom. The SMILES string of the molecule is CC/C=C\C/C=C\C/C=C\C/C=C\C/C=C\C/C=C\C/C=C\C/C=C\C/C=C\C/C=C\C/C=C\CCCCCCCC(=O)OC(COC(=O)CCCCCCCCCCCCCCCCC/C=C\CCCCCCCCCC)COP(=O)(O)OCC[N+](C)(C)C. The molecule has 0 aliphatic rings. The second kappa shape index (κ2) is 69.2. The number of esters is 2. The van der Waals surface area contributed by atoms with Crippen molar-refractivity contribution in [3.8, 4) is 0 Å². The molecule has 0 heterocycles. The highest BCUT2D eigenvalue weighted by atomic mass is 31.2. The number of likely N-dealkylation sites (N-methyl/N-ethyl adjacent to an activating group) is 1. The van der Waals surface area contributed by atoms with Crippen LogP contribution in [0.15, 0.2) is 146 Å². The quantitative estimate of drug-likeness (QED) is 0.0211. The fraction of sp³-hybridized carbons (Fsp3) is 0.675. The summed E-state index contributed by atoms with van der Waals surface area (Å²) >= 11 is 0. The summed E-state index contributed by atoms with van der Waals surface area (Å²) in [7, 11) is 1.45. The lowest BCUT2D eigenvalue weighted by atomic mass is 10.0. The maximum Gasteiger partial charge on any atom is 0.472 e. The minimum absolute atomic E-state index is 0.0213. The number of nitrogens with zero attached hydrogens (tertiary/aromatic N) is 1. The predicted octanol–water partition coefficient (Wildman–Crippen LogP) is 24.2. The second-order valence-electron chi connectivity index (χ2n) is 25.2. The molecule has 0 spiro atoms. The third-order valence-corrected chi connectivity index (χ3v) is 16.3. The Hall–Kier alpha value is -4.11. The summed E-state index contributed by atoms with van der Waals surface area (Å²) in [6.45, 7) is 4.31. The first kappa shape index (κ1) is 85.9. The molecule has 1 N–H and O–H groups in total. The topological polar surface area (TPSA) is 108 Å². The van der Waals surface area contributed by atoms with Crippen LogP contribution in [0.5, 0.6) is 0 Å². The first-order valence-corrected chi connectivity index (χ1v) is 38.1. The number of ether oxygens (including phenoxy) is 2. The summed E-state index contributed by atoms with van der Waals surface area (Å²) in [4.78, 5) is 35.9. The highest BCUT2D eigenvalue weighted by molar-refractivity contribution is 7.47. The summed E-state index contributed by atoms with van der Waals surface area (Å²) in [5, 5.41) is 0. The van der Waals surface area contributed by atoms with E-state index in [1.807, 2.05) is 21.1 Å². The lowest BCUT2D eigenvalue weighted by Crippen LogP contribution is -2.37. The van der Waals surface area contributed by atoms with E-state index < -0.39 is 26.5 Å². The van der Waals surface area contributed by atoms with Crippen LogP contribution in [0.25, 0.3) is 0 Å². The number of unbranched alkanes of at least 4 members (excludes halogenated alkanes) is 28. The third kappa shape index (κ3) is 72.9. The maximum absolute atomic E-state index is 12.9. The fourth-order valence-corrected chi connectivity index (χ4v) is 10.5. The van der Waals surface area contributed by atoms with Gasteiger partial charge in [-0.3, -0.25) is 18.6 Å². The van der Waals surface area contributed by atoms with Gasteiger partial charge in [-0.15, -0.1) is 0 Å². The molecule has 0 rings (SSSR count). The normalized spacial score (nSPS) is 14.0. The molecule has 0 aromatic carbocycles. The Labute approximate surface area is 554 Å². The van der Waals surface area contributed by atoms with Crippen LogP contribution in [0.3, 0.4) is 0 Å². The van der Waals surface area contributed by atoms with Crippen LogP contribution < -0.4 is 0 Å². The van der Waals surface area contributed by atoms with E-state index >= 15 is 0 Å². The standard InChI is InChI=1S/C80H136NO8P/c1-6-8-10-12-14-16-18-20-22-24-26-28-30-32-34-35-36-37-38-39-40-41-42-43-44-45-47-49-51-53-55-57-59-61-63-65-67-69-71-73-80(83)89-78(77-88-90(84,85)87-75-74-81(3,4)5)76-86-79(82)72-70-68-66-64-62-60-58-56-54-52-50-48-46-33-31-29-27-25-23-21-19-17-15-13-11-9-7-2/h8,10,14,16,20,22,25-28,32,34,36-37,39-40,42-43,45,47,51,53,57,59,78H,6-7,9,11-13,15,17-19,21,23-24,29-31,33,35,38,41,44,46,48-50,52,54-56,58,60-77H2,1-5H3/p+1/b10-8-,16-14-,22-20-,27-25-,28-26-,34-32-,37-36-,40-39-,43-42-,47-45-,53-51-,59-57-. The molecule has 0 aliphatic heterocycles. The number of phosphoric acid groups is 1. The van der Waals surface area contributed by atoms with Crippen molar-refractivity contribution in [1.82, 2.24) is 0 Å². The van der Waals surface area contributed by atoms with Gasteiger partial charge in [0, 0.05) is 12.8 Å². The van der Waals surface area contributed by atoms with Crippen molar-refractivity contribution in [1.29, 1.82) is 0 Å². The Balaban J connectivity index is 4.14. The van der Waals surface area contributed by atoms with Crippen LogP contribution in [0.4, 0.5) is 0 Å². The lowest BCUT2D eigenvalue weighted by Gasteiger charge is -2.24. The summed E-state index contributed by atoms with van der Waals surface area (Å²) in [5.41, 5.74) is 0. The van der Waals surface area contributed by atoms with Gasteiger partial charge in [0.05, 0.1) is 27.7 Å². The molecule has 0 amide bonds. The van der Waals surface area contributed by atoms with Crippen LogP contribution in [0, 0.1) is 0 Å². The van der Waals surface area contributed by atoms with Gasteiger partial charge in [-0.05, 0) is 122 Å². The molecule has 90 heavy (non-hydrogen) atoms. The summed E-state index contributed by atoms with van der Waals surface area (Å²) < 4.78 is 34.7. The molecule has 0 aliphatic carbocycles. The fourth-order valence-electron chi connectivity index (χ4n) is 9.78. The monoisotopic (exact) mass is 1270 g/mol. The van der Waals surface area contributed by atoms with E-state index in [4.69, 9.17) is 18.5 Å². The van der Waals surface area contributed by atoms with E-state index in [-0.39, 0.29) is 32.0 Å². The second-order valence-corrected chi connectivity index (χ2v) is 26.7. The van der Waals surface area contributed by atoms with Gasteiger partial charge in [0.1, 0.15) is 19.8 Å². The zero-order chi connectivity index (χ0) is 65.5. The van der Waals surface area contributed by atoms with Crippen LogP contribution in [0.1, 0.15) is 296 Å². The average Bonchev–Trinajstić information content (AvgIpc) is 3.58. The summed E-state index contributed by atoms with van der Waals surface area (Å²) in [5.74, 6) is -0.820. The highest BCUT2D eigenvalue weighted by Crippen LogP contribution is 2.43. The van der Waals surface area contributed by atoms with Crippen molar-refractivity contribution in [2.45, 2.75) is 302 Å². The zero-order valence-corrected chi connectivity index (χ0v) is 59.5. The van der Waals surface area contributed by atoms with E-state index in [1.54, 1.807) is 0 Å². The molecule has 2 atom stereocenters. The smallest absolute Gasteiger partial charge is 0.462 e. The number of rotatable bonds is 66. The van der Waals surface area contributed by atoms with E-state index in [1.165, 1.54) is 141 Å². The molecule has 0 saturated heterocycles. The van der Waals surface area contributed by atoms with Crippen molar-refractivity contribution in [3.05, 3.63) is 146 Å². The molecular weight excluding hydrogens is 1130 g/mol. The van der Waals surface area contributed by atoms with E-state index in [0.717, 1.165) is 122 Å². The number of hydrogen-bond donors (Lipinski definition) is 1. The average molecular weight is 1270 g/mol. The molecule has 0 aromatic heterocycles. The van der Waals surface area contributed by atoms with Crippen LogP contribution >= 0.6 is 7.82 Å². The van der Waals surface area contributed by atoms with Crippen molar-refractivity contribution in [2.75, 3.05) is 47.5 Å². The number of carbonyl (C=O) groups is 2. The van der Waals surface area contributed by atoms with Gasteiger partial charge in [-0.1, -0.05) is 307 Å². The number of hydrogen-bond acceptors (Lipinski definition) is 7. The Bertz CT molecular complexity index is 2030. The van der Waals surface area contributed by atoms with Crippen molar-refractivity contribution in [2.24, 2.45) is 0 Å². The Morgan fingerprint density at radius 3 is 0.956 bits per heavy atom. The van der Waals surface area contributed by atoms with Gasteiger partial charge in [0.15, 0.2) is 6.10 Å². The molecule has 0 saturated carbocycles. The number of carbonyl (C=O) groups excluding carboxylic acids is 2. The molecule has 514 valence electrons. The van der Waals surface area contributed by atoms with Gasteiger partial charge in [-0.2, -0.15) is 0 Å².